The Morgan fingerprint density at radius 3 is 2.63 bits per heavy atom. The summed E-state index contributed by atoms with van der Waals surface area (Å²) < 4.78 is 19.9. The number of piperidine rings is 1. The van der Waals surface area contributed by atoms with E-state index in [1.807, 2.05) is 18.2 Å². The number of nitrogens with one attached hydrogen (secondary N) is 1. The molecule has 1 saturated carbocycles. The molecule has 4 rings (SSSR count). The number of carbonyl (C=O) groups excluding carboxylic acids is 2. The quantitative estimate of drug-likeness (QED) is 0.759. The lowest BCUT2D eigenvalue weighted by atomic mass is 9.98. The fraction of sp³-hybridized carbons (Fsp3) is 0.417. The summed E-state index contributed by atoms with van der Waals surface area (Å²) in [5, 5.41) is 3.00. The molecule has 6 heteroatoms. The Morgan fingerprint density at radius 1 is 1.07 bits per heavy atom. The first-order chi connectivity index (χ1) is 14.6. The largest absolute Gasteiger partial charge is 0.492 e. The van der Waals surface area contributed by atoms with Crippen LogP contribution in [0.5, 0.6) is 5.75 Å². The summed E-state index contributed by atoms with van der Waals surface area (Å²) in [7, 11) is 0. The van der Waals surface area contributed by atoms with Gasteiger partial charge in [-0.15, -0.1) is 0 Å². The number of para-hydroxylation sites is 1. The summed E-state index contributed by atoms with van der Waals surface area (Å²) in [5.74, 6) is 0.254. The summed E-state index contributed by atoms with van der Waals surface area (Å²) in [6.07, 6.45) is 3.99. The summed E-state index contributed by atoms with van der Waals surface area (Å²) in [4.78, 5) is 26.9. The van der Waals surface area contributed by atoms with Crippen molar-refractivity contribution in [2.45, 2.75) is 38.1 Å². The van der Waals surface area contributed by atoms with Gasteiger partial charge in [0.05, 0.1) is 18.6 Å². The van der Waals surface area contributed by atoms with Gasteiger partial charge < -0.3 is 15.0 Å². The van der Waals surface area contributed by atoms with E-state index in [0.29, 0.717) is 36.6 Å². The molecule has 1 saturated heterocycles. The third-order valence-corrected chi connectivity index (χ3v) is 5.69. The van der Waals surface area contributed by atoms with Gasteiger partial charge in [0.1, 0.15) is 11.6 Å². The van der Waals surface area contributed by atoms with Crippen LogP contribution in [0.15, 0.2) is 48.5 Å². The van der Waals surface area contributed by atoms with E-state index in [0.717, 1.165) is 25.7 Å². The lowest BCUT2D eigenvalue weighted by Crippen LogP contribution is -2.42. The molecule has 2 aromatic rings. The summed E-state index contributed by atoms with van der Waals surface area (Å²) in [5.41, 5.74) is 0.976. The van der Waals surface area contributed by atoms with Crippen LogP contribution in [0.3, 0.4) is 0 Å². The van der Waals surface area contributed by atoms with Crippen molar-refractivity contribution in [2.75, 3.05) is 19.7 Å². The topological polar surface area (TPSA) is 58.6 Å². The highest BCUT2D eigenvalue weighted by atomic mass is 19.1. The number of carbonyl (C=O) groups is 2. The molecular weight excluding hydrogens is 383 g/mol. The molecular formula is C24H27FN2O3. The van der Waals surface area contributed by atoms with Crippen LogP contribution in [0, 0.1) is 11.7 Å². The Balaban J connectivity index is 1.33. The summed E-state index contributed by atoms with van der Waals surface area (Å²) >= 11 is 0. The van der Waals surface area contributed by atoms with E-state index in [2.05, 4.69) is 5.32 Å². The van der Waals surface area contributed by atoms with Crippen molar-refractivity contribution >= 4 is 11.8 Å². The molecule has 2 fully saturated rings. The highest BCUT2D eigenvalue weighted by molar-refractivity contribution is 5.97. The second kappa shape index (κ2) is 9.28. The minimum absolute atomic E-state index is 0.0611. The lowest BCUT2D eigenvalue weighted by Gasteiger charge is -2.33. The number of hydrogen-bond acceptors (Lipinski definition) is 3. The zero-order valence-electron chi connectivity index (χ0n) is 17.0. The van der Waals surface area contributed by atoms with Crippen molar-refractivity contribution in [1.82, 2.24) is 10.2 Å². The van der Waals surface area contributed by atoms with Gasteiger partial charge >= 0.3 is 0 Å². The first-order valence-corrected chi connectivity index (χ1v) is 10.6. The van der Waals surface area contributed by atoms with E-state index in [-0.39, 0.29) is 36.0 Å². The van der Waals surface area contributed by atoms with Gasteiger partial charge in [0, 0.05) is 25.0 Å². The van der Waals surface area contributed by atoms with Crippen molar-refractivity contribution in [2.24, 2.45) is 5.92 Å². The van der Waals surface area contributed by atoms with E-state index in [1.165, 1.54) is 6.07 Å². The Bertz CT molecular complexity index is 913. The SMILES string of the molecule is O=C(NC1CC1)c1ccccc1OCC1CCCN(C(=O)Cc2ccccc2F)C1. The molecule has 1 heterocycles. The summed E-state index contributed by atoms with van der Waals surface area (Å²) in [6.45, 7) is 1.71. The maximum absolute atomic E-state index is 13.9. The van der Waals surface area contributed by atoms with E-state index in [1.54, 1.807) is 29.2 Å². The third kappa shape index (κ3) is 5.17. The highest BCUT2D eigenvalue weighted by Crippen LogP contribution is 2.24. The Labute approximate surface area is 176 Å². The molecule has 2 amide bonds. The molecule has 1 aliphatic heterocycles. The molecule has 0 spiro atoms. The molecule has 2 aromatic carbocycles. The van der Waals surface area contributed by atoms with Crippen LogP contribution < -0.4 is 10.1 Å². The van der Waals surface area contributed by atoms with Gasteiger partial charge in [0.2, 0.25) is 5.91 Å². The predicted molar refractivity (Wildman–Crippen MR) is 112 cm³/mol. The fourth-order valence-corrected chi connectivity index (χ4v) is 3.82. The number of ether oxygens (including phenoxy) is 1. The molecule has 158 valence electrons. The Kier molecular flexibility index (Phi) is 6.31. The minimum Gasteiger partial charge on any atom is -0.492 e. The second-order valence-electron chi connectivity index (χ2n) is 8.17. The number of likely N-dealkylation sites (tertiary alicyclic amines) is 1. The zero-order chi connectivity index (χ0) is 20.9. The van der Waals surface area contributed by atoms with Gasteiger partial charge in [0.15, 0.2) is 0 Å². The third-order valence-electron chi connectivity index (χ3n) is 5.69. The first kappa shape index (κ1) is 20.4. The van der Waals surface area contributed by atoms with Crippen molar-refractivity contribution in [3.05, 3.63) is 65.5 Å². The Morgan fingerprint density at radius 2 is 1.83 bits per heavy atom. The normalized spacial score (nSPS) is 18.7. The van der Waals surface area contributed by atoms with Crippen LogP contribution >= 0.6 is 0 Å². The van der Waals surface area contributed by atoms with Crippen molar-refractivity contribution in [3.63, 3.8) is 0 Å². The van der Waals surface area contributed by atoms with Crippen LogP contribution in [0.1, 0.15) is 41.6 Å². The lowest BCUT2D eigenvalue weighted by molar-refractivity contribution is -0.132. The van der Waals surface area contributed by atoms with E-state index >= 15 is 0 Å². The minimum atomic E-state index is -0.344. The average molecular weight is 410 g/mol. The fourth-order valence-electron chi connectivity index (χ4n) is 3.82. The number of halogens is 1. The number of hydrogen-bond donors (Lipinski definition) is 1. The van der Waals surface area contributed by atoms with Crippen LogP contribution in [0.2, 0.25) is 0 Å². The second-order valence-corrected chi connectivity index (χ2v) is 8.17. The molecule has 1 aliphatic carbocycles. The molecule has 5 nitrogen and oxygen atoms in total. The highest BCUT2D eigenvalue weighted by Gasteiger charge is 2.27. The number of rotatable bonds is 7. The average Bonchev–Trinajstić information content (AvgIpc) is 3.58. The van der Waals surface area contributed by atoms with Crippen molar-refractivity contribution in [1.29, 1.82) is 0 Å². The van der Waals surface area contributed by atoms with Crippen molar-refractivity contribution in [3.8, 4) is 5.75 Å². The number of amides is 2. The van der Waals surface area contributed by atoms with Gasteiger partial charge in [0.25, 0.3) is 5.91 Å². The maximum atomic E-state index is 13.9. The molecule has 0 bridgehead atoms. The molecule has 30 heavy (non-hydrogen) atoms. The monoisotopic (exact) mass is 410 g/mol. The van der Waals surface area contributed by atoms with Crippen molar-refractivity contribution < 1.29 is 18.7 Å². The first-order valence-electron chi connectivity index (χ1n) is 10.6. The van der Waals surface area contributed by atoms with Gasteiger partial charge in [-0.05, 0) is 49.4 Å². The standard InChI is InChI=1S/C24H27FN2O3/c25-21-9-3-1-7-18(21)14-23(28)27-13-5-6-17(15-27)16-30-22-10-4-2-8-20(22)24(29)26-19-11-12-19/h1-4,7-10,17,19H,5-6,11-16H2,(H,26,29). The predicted octanol–water partition coefficient (Wildman–Crippen LogP) is 3.58. The van der Waals surface area contributed by atoms with Crippen LogP contribution in [-0.4, -0.2) is 42.5 Å². The molecule has 2 aliphatic rings. The Hall–Kier alpha value is -2.89. The van der Waals surface area contributed by atoms with Gasteiger partial charge in [-0.25, -0.2) is 4.39 Å². The van der Waals surface area contributed by atoms with Crippen LogP contribution in [-0.2, 0) is 11.2 Å². The molecule has 1 atom stereocenters. The number of nitrogens with zero attached hydrogens (tertiary/aromatic N) is 1. The van der Waals surface area contributed by atoms with Crippen LogP contribution in [0.4, 0.5) is 4.39 Å². The molecule has 1 N–H and O–H groups in total. The molecule has 0 aromatic heterocycles. The maximum Gasteiger partial charge on any atom is 0.255 e. The molecule has 0 radical (unpaired) electrons. The molecule has 1 unspecified atom stereocenters. The van der Waals surface area contributed by atoms with E-state index in [9.17, 15) is 14.0 Å². The van der Waals surface area contributed by atoms with Gasteiger partial charge in [-0.1, -0.05) is 30.3 Å². The van der Waals surface area contributed by atoms with Crippen LogP contribution in [0.25, 0.3) is 0 Å². The van der Waals surface area contributed by atoms with E-state index < -0.39 is 0 Å². The zero-order valence-corrected chi connectivity index (χ0v) is 17.0. The number of benzene rings is 2. The van der Waals surface area contributed by atoms with Gasteiger partial charge in [-0.2, -0.15) is 0 Å². The van der Waals surface area contributed by atoms with E-state index in [4.69, 9.17) is 4.74 Å². The summed E-state index contributed by atoms with van der Waals surface area (Å²) in [6, 6.07) is 14.0. The smallest absolute Gasteiger partial charge is 0.255 e. The van der Waals surface area contributed by atoms with Gasteiger partial charge in [-0.3, -0.25) is 9.59 Å².